The normalized spacial score (nSPS) is 12.6. The van der Waals surface area contributed by atoms with Crippen molar-refractivity contribution >= 4 is 30.4 Å². The minimum absolute atomic E-state index is 0.488. The first-order valence-electron chi connectivity index (χ1n) is 5.51. The largest absolute Gasteiger partial charge is 0.502 e. The van der Waals surface area contributed by atoms with Gasteiger partial charge in [-0.15, -0.1) is 0 Å². The molecule has 0 saturated carbocycles. The lowest BCUT2D eigenvalue weighted by atomic mass is 10.2. The summed E-state index contributed by atoms with van der Waals surface area (Å²) in [6.07, 6.45) is 1.48. The minimum Gasteiger partial charge on any atom is -0.502 e. The molecule has 0 fully saturated rings. The molecule has 0 saturated heterocycles. The molecule has 3 N–H and O–H groups in total. The fraction of sp³-hybridized carbons (Fsp3) is 0.333. The lowest BCUT2D eigenvalue weighted by molar-refractivity contribution is 0.336. The van der Waals surface area contributed by atoms with Gasteiger partial charge >= 0.3 is 30.4 Å². The SMILES string of the molecule is CS(=O)(=O)Oc1c(O)c(O)c(O)c(OS(C)(=O)=O)c1OS(C)(=O)=O. The Morgan fingerprint density at radius 1 is 0.542 bits per heavy atom. The highest BCUT2D eigenvalue weighted by Gasteiger charge is 2.33. The Balaban J connectivity index is 3.91. The molecule has 138 valence electrons. The zero-order chi connectivity index (χ0) is 19.1. The number of phenolic OH excluding ortho intramolecular Hbond substituents is 3. The van der Waals surface area contributed by atoms with Crippen LogP contribution in [0.3, 0.4) is 0 Å². The molecule has 1 rings (SSSR count). The molecule has 24 heavy (non-hydrogen) atoms. The molecule has 0 radical (unpaired) electrons. The summed E-state index contributed by atoms with van der Waals surface area (Å²) in [7, 11) is -13.2. The molecule has 0 unspecified atom stereocenters. The maximum absolute atomic E-state index is 11.3. The summed E-state index contributed by atoms with van der Waals surface area (Å²) >= 11 is 0. The number of hydrogen-bond acceptors (Lipinski definition) is 12. The van der Waals surface area contributed by atoms with E-state index in [9.17, 15) is 40.6 Å². The van der Waals surface area contributed by atoms with Crippen molar-refractivity contribution in [3.05, 3.63) is 0 Å². The smallest absolute Gasteiger partial charge is 0.306 e. The van der Waals surface area contributed by atoms with E-state index < -0.39 is 64.9 Å². The van der Waals surface area contributed by atoms with E-state index in [0.717, 1.165) is 0 Å². The summed E-state index contributed by atoms with van der Waals surface area (Å²) in [5, 5.41) is 28.9. The molecule has 15 heteroatoms. The van der Waals surface area contributed by atoms with E-state index in [-0.39, 0.29) is 0 Å². The first-order valence-corrected chi connectivity index (χ1v) is 11.0. The minimum atomic E-state index is -4.43. The van der Waals surface area contributed by atoms with Crippen molar-refractivity contribution in [1.29, 1.82) is 0 Å². The van der Waals surface area contributed by atoms with Gasteiger partial charge in [0.1, 0.15) is 0 Å². The van der Waals surface area contributed by atoms with E-state index in [1.54, 1.807) is 0 Å². The molecule has 0 spiro atoms. The van der Waals surface area contributed by atoms with Gasteiger partial charge in [-0.1, -0.05) is 0 Å². The average molecular weight is 408 g/mol. The van der Waals surface area contributed by atoms with Gasteiger partial charge in [-0.2, -0.15) is 25.3 Å². The molecule has 1 aromatic rings. The summed E-state index contributed by atoms with van der Waals surface area (Å²) in [5.41, 5.74) is 0. The fourth-order valence-electron chi connectivity index (χ4n) is 1.33. The van der Waals surface area contributed by atoms with Gasteiger partial charge < -0.3 is 27.9 Å². The number of hydrogen-bond donors (Lipinski definition) is 3. The lowest BCUT2D eigenvalue weighted by Crippen LogP contribution is -2.14. The van der Waals surface area contributed by atoms with Crippen molar-refractivity contribution in [3.63, 3.8) is 0 Å². The molecule has 0 aliphatic heterocycles. The third-order valence-electron chi connectivity index (χ3n) is 2.00. The molecular formula is C9H12O12S3. The Morgan fingerprint density at radius 2 is 0.792 bits per heavy atom. The summed E-state index contributed by atoms with van der Waals surface area (Å²) in [6.45, 7) is 0. The first kappa shape index (κ1) is 19.9. The van der Waals surface area contributed by atoms with Crippen LogP contribution in [0.1, 0.15) is 0 Å². The Labute approximate surface area is 137 Å². The van der Waals surface area contributed by atoms with Gasteiger partial charge in [-0.05, 0) is 0 Å². The van der Waals surface area contributed by atoms with Crippen LogP contribution in [0, 0.1) is 0 Å². The van der Waals surface area contributed by atoms with E-state index in [1.807, 2.05) is 0 Å². The van der Waals surface area contributed by atoms with Crippen molar-refractivity contribution in [1.82, 2.24) is 0 Å². The highest BCUT2D eigenvalue weighted by molar-refractivity contribution is 7.87. The van der Waals surface area contributed by atoms with Crippen molar-refractivity contribution in [2.75, 3.05) is 18.8 Å². The van der Waals surface area contributed by atoms with E-state index in [4.69, 9.17) is 0 Å². The van der Waals surface area contributed by atoms with Gasteiger partial charge in [0.25, 0.3) is 0 Å². The Morgan fingerprint density at radius 3 is 1.04 bits per heavy atom. The van der Waals surface area contributed by atoms with Gasteiger partial charge in [-0.3, -0.25) is 0 Å². The van der Waals surface area contributed by atoms with Gasteiger partial charge in [-0.25, -0.2) is 0 Å². The number of rotatable bonds is 6. The molecule has 0 bridgehead atoms. The summed E-state index contributed by atoms with van der Waals surface area (Å²) in [5.74, 6) is -8.22. The molecule has 12 nitrogen and oxygen atoms in total. The standard InChI is InChI=1S/C9H12O12S3/c1-22(13,14)19-7-5(11)4(10)6(12)8(20-23(2,15)16)9(7)21-24(3,17)18/h10-12H,1-3H3. The van der Waals surface area contributed by atoms with Crippen molar-refractivity contribution < 1.29 is 53.1 Å². The van der Waals surface area contributed by atoms with Crippen LogP contribution >= 0.6 is 0 Å². The highest BCUT2D eigenvalue weighted by atomic mass is 32.2. The summed E-state index contributed by atoms with van der Waals surface area (Å²) in [4.78, 5) is 0. The maximum Gasteiger partial charge on any atom is 0.306 e. The third kappa shape index (κ3) is 5.20. The van der Waals surface area contributed by atoms with E-state index in [1.165, 1.54) is 0 Å². The van der Waals surface area contributed by atoms with Crippen LogP contribution < -0.4 is 12.5 Å². The predicted molar refractivity (Wildman–Crippen MR) is 77.9 cm³/mol. The monoisotopic (exact) mass is 408 g/mol. The van der Waals surface area contributed by atoms with Crippen LogP contribution in [-0.4, -0.2) is 59.3 Å². The first-order chi connectivity index (χ1) is 10.5. The molecular weight excluding hydrogens is 396 g/mol. The van der Waals surface area contributed by atoms with Crippen LogP contribution in [0.25, 0.3) is 0 Å². The zero-order valence-electron chi connectivity index (χ0n) is 12.2. The molecule has 0 heterocycles. The van der Waals surface area contributed by atoms with Gasteiger partial charge in [0.2, 0.25) is 34.5 Å². The van der Waals surface area contributed by atoms with Crippen LogP contribution in [0.5, 0.6) is 34.5 Å². The molecule has 0 aliphatic rings. The van der Waals surface area contributed by atoms with Crippen LogP contribution in [-0.2, 0) is 30.4 Å². The van der Waals surface area contributed by atoms with Gasteiger partial charge in [0.15, 0.2) is 0 Å². The van der Waals surface area contributed by atoms with E-state index in [0.29, 0.717) is 18.8 Å². The van der Waals surface area contributed by atoms with Crippen LogP contribution in [0.4, 0.5) is 0 Å². The second kappa shape index (κ2) is 6.06. The van der Waals surface area contributed by atoms with E-state index in [2.05, 4.69) is 12.5 Å². The second-order valence-electron chi connectivity index (χ2n) is 4.40. The number of benzene rings is 1. The Hall–Kier alpha value is -2.13. The summed E-state index contributed by atoms with van der Waals surface area (Å²) in [6, 6.07) is 0. The molecule has 1 aromatic carbocycles. The van der Waals surface area contributed by atoms with Crippen molar-refractivity contribution in [2.24, 2.45) is 0 Å². The average Bonchev–Trinajstić information content (AvgIpc) is 2.32. The third-order valence-corrected chi connectivity index (χ3v) is 3.40. The Bertz CT molecular complexity index is 910. The van der Waals surface area contributed by atoms with Crippen LogP contribution in [0.2, 0.25) is 0 Å². The Kier molecular flexibility index (Phi) is 5.03. The number of phenols is 3. The van der Waals surface area contributed by atoms with Crippen LogP contribution in [0.15, 0.2) is 0 Å². The second-order valence-corrected chi connectivity index (χ2v) is 9.12. The van der Waals surface area contributed by atoms with Gasteiger partial charge in [0.05, 0.1) is 18.8 Å². The summed E-state index contributed by atoms with van der Waals surface area (Å²) < 4.78 is 80.4. The van der Waals surface area contributed by atoms with E-state index >= 15 is 0 Å². The maximum atomic E-state index is 11.3. The zero-order valence-corrected chi connectivity index (χ0v) is 14.7. The molecule has 0 atom stereocenters. The fourth-order valence-corrected chi connectivity index (χ4v) is 2.70. The molecule has 0 aromatic heterocycles. The lowest BCUT2D eigenvalue weighted by Gasteiger charge is -2.17. The van der Waals surface area contributed by atoms with Crippen molar-refractivity contribution in [3.8, 4) is 34.5 Å². The molecule has 0 amide bonds. The van der Waals surface area contributed by atoms with Crippen molar-refractivity contribution in [2.45, 2.75) is 0 Å². The number of aromatic hydroxyl groups is 3. The predicted octanol–water partition coefficient (Wildman–Crippen LogP) is -1.18. The molecule has 0 aliphatic carbocycles. The quantitative estimate of drug-likeness (QED) is 0.377. The highest BCUT2D eigenvalue weighted by Crippen LogP contribution is 2.57. The van der Waals surface area contributed by atoms with Gasteiger partial charge in [0, 0.05) is 0 Å². The topological polar surface area (TPSA) is 191 Å².